The average Bonchev–Trinajstić information content (AvgIpc) is 3.26. The van der Waals surface area contributed by atoms with E-state index in [9.17, 15) is 9.59 Å². The van der Waals surface area contributed by atoms with Gasteiger partial charge < -0.3 is 19.9 Å². The van der Waals surface area contributed by atoms with Gasteiger partial charge >= 0.3 is 0 Å². The van der Waals surface area contributed by atoms with Gasteiger partial charge in [0.2, 0.25) is 5.91 Å². The molecule has 0 fully saturated rings. The van der Waals surface area contributed by atoms with Crippen LogP contribution in [0.2, 0.25) is 5.02 Å². The first kappa shape index (κ1) is 27.3. The third-order valence-electron chi connectivity index (χ3n) is 5.51. The second kappa shape index (κ2) is 12.6. The second-order valence-electron chi connectivity index (χ2n) is 8.41. The lowest BCUT2D eigenvalue weighted by Gasteiger charge is -2.22. The van der Waals surface area contributed by atoms with E-state index in [1.54, 1.807) is 55.7 Å². The van der Waals surface area contributed by atoms with Gasteiger partial charge in [-0.15, -0.1) is 16.8 Å². The van der Waals surface area contributed by atoms with Crippen LogP contribution in [-0.2, 0) is 11.3 Å². The first-order valence-electron chi connectivity index (χ1n) is 11.4. The minimum Gasteiger partial charge on any atom is -0.497 e. The van der Waals surface area contributed by atoms with Crippen molar-refractivity contribution in [1.82, 2.24) is 20.1 Å². The van der Waals surface area contributed by atoms with Gasteiger partial charge in [-0.25, -0.2) is 0 Å². The fraction of sp³-hybridized carbons (Fsp3) is 0.308. The van der Waals surface area contributed by atoms with Crippen LogP contribution in [0.15, 0.2) is 60.3 Å². The maximum Gasteiger partial charge on any atom is 0.251 e. The number of carbonyl (C=O) groups excluding carboxylic acids is 2. The summed E-state index contributed by atoms with van der Waals surface area (Å²) in [5.74, 6) is 1.02. The SMILES string of the molecule is C=CCn1c(SCC(=O)Nc2cccc(Cl)c2C)nnc1C(NC(=O)c1ccc(OC)cc1)C(C)C. The molecule has 10 heteroatoms. The largest absolute Gasteiger partial charge is 0.497 e. The molecule has 0 aliphatic heterocycles. The Kier molecular flexibility index (Phi) is 9.55. The van der Waals surface area contributed by atoms with Crippen LogP contribution in [0.1, 0.15) is 41.6 Å². The third-order valence-corrected chi connectivity index (χ3v) is 6.89. The number of rotatable bonds is 11. The van der Waals surface area contributed by atoms with Crippen molar-refractivity contribution in [2.24, 2.45) is 5.92 Å². The molecule has 36 heavy (non-hydrogen) atoms. The van der Waals surface area contributed by atoms with E-state index in [1.165, 1.54) is 11.8 Å². The molecule has 1 heterocycles. The highest BCUT2D eigenvalue weighted by Crippen LogP contribution is 2.27. The highest BCUT2D eigenvalue weighted by Gasteiger charge is 2.26. The molecule has 0 spiro atoms. The summed E-state index contributed by atoms with van der Waals surface area (Å²) >= 11 is 7.41. The van der Waals surface area contributed by atoms with Gasteiger partial charge in [-0.1, -0.05) is 49.4 Å². The monoisotopic (exact) mass is 527 g/mol. The fourth-order valence-electron chi connectivity index (χ4n) is 3.49. The topological polar surface area (TPSA) is 98.1 Å². The van der Waals surface area contributed by atoms with E-state index in [2.05, 4.69) is 27.4 Å². The Hall–Kier alpha value is -3.30. The molecule has 8 nitrogen and oxygen atoms in total. The predicted molar refractivity (Wildman–Crippen MR) is 144 cm³/mol. The Morgan fingerprint density at radius 3 is 2.56 bits per heavy atom. The lowest BCUT2D eigenvalue weighted by atomic mass is 10.0. The molecule has 2 amide bonds. The van der Waals surface area contributed by atoms with Crippen LogP contribution in [0.3, 0.4) is 0 Å². The quantitative estimate of drug-likeness (QED) is 0.259. The van der Waals surface area contributed by atoms with Crippen molar-refractivity contribution in [3.63, 3.8) is 0 Å². The van der Waals surface area contributed by atoms with Crippen molar-refractivity contribution < 1.29 is 14.3 Å². The maximum absolute atomic E-state index is 13.0. The van der Waals surface area contributed by atoms with Gasteiger partial charge in [0.1, 0.15) is 5.75 Å². The Morgan fingerprint density at radius 2 is 1.92 bits per heavy atom. The summed E-state index contributed by atoms with van der Waals surface area (Å²) in [7, 11) is 1.58. The summed E-state index contributed by atoms with van der Waals surface area (Å²) < 4.78 is 7.04. The first-order valence-corrected chi connectivity index (χ1v) is 12.8. The number of hydrogen-bond acceptors (Lipinski definition) is 6. The molecule has 0 saturated carbocycles. The smallest absolute Gasteiger partial charge is 0.251 e. The lowest BCUT2D eigenvalue weighted by Crippen LogP contribution is -2.33. The summed E-state index contributed by atoms with van der Waals surface area (Å²) in [6, 6.07) is 11.9. The zero-order chi connectivity index (χ0) is 26.2. The third kappa shape index (κ3) is 6.67. The predicted octanol–water partition coefficient (Wildman–Crippen LogP) is 5.29. The number of nitrogens with zero attached hydrogens (tertiary/aromatic N) is 3. The van der Waals surface area contributed by atoms with E-state index < -0.39 is 6.04 Å². The van der Waals surface area contributed by atoms with Gasteiger partial charge in [0.15, 0.2) is 11.0 Å². The molecule has 0 saturated heterocycles. The van der Waals surface area contributed by atoms with E-state index in [-0.39, 0.29) is 23.5 Å². The number of thioether (sulfide) groups is 1. The molecule has 0 aliphatic carbocycles. The van der Waals surface area contributed by atoms with Crippen LogP contribution < -0.4 is 15.4 Å². The number of ether oxygens (including phenoxy) is 1. The number of hydrogen-bond donors (Lipinski definition) is 2. The van der Waals surface area contributed by atoms with Gasteiger partial charge in [-0.3, -0.25) is 9.59 Å². The van der Waals surface area contributed by atoms with Gasteiger partial charge in [-0.2, -0.15) is 0 Å². The molecule has 1 atom stereocenters. The van der Waals surface area contributed by atoms with Crippen LogP contribution in [0.5, 0.6) is 5.75 Å². The van der Waals surface area contributed by atoms with Gasteiger partial charge in [0.05, 0.1) is 18.9 Å². The minimum atomic E-state index is -0.399. The van der Waals surface area contributed by atoms with Gasteiger partial charge in [-0.05, 0) is 54.8 Å². The number of anilines is 1. The molecule has 2 aromatic carbocycles. The number of aromatic nitrogens is 3. The van der Waals surface area contributed by atoms with E-state index in [0.717, 1.165) is 5.56 Å². The van der Waals surface area contributed by atoms with E-state index in [1.807, 2.05) is 25.3 Å². The van der Waals surface area contributed by atoms with Gasteiger partial charge in [0, 0.05) is 22.8 Å². The normalized spacial score (nSPS) is 11.7. The van der Waals surface area contributed by atoms with Crippen LogP contribution in [0.4, 0.5) is 5.69 Å². The summed E-state index contributed by atoms with van der Waals surface area (Å²) in [6.45, 7) is 10.1. The summed E-state index contributed by atoms with van der Waals surface area (Å²) in [5, 5.41) is 15.8. The highest BCUT2D eigenvalue weighted by molar-refractivity contribution is 7.99. The van der Waals surface area contributed by atoms with Crippen molar-refractivity contribution in [2.75, 3.05) is 18.2 Å². The summed E-state index contributed by atoms with van der Waals surface area (Å²) in [6.07, 6.45) is 1.73. The Labute approximate surface area is 220 Å². The lowest BCUT2D eigenvalue weighted by molar-refractivity contribution is -0.113. The van der Waals surface area contributed by atoms with E-state index in [0.29, 0.717) is 39.5 Å². The molecular weight excluding hydrogens is 498 g/mol. The van der Waals surface area contributed by atoms with Gasteiger partial charge in [0.25, 0.3) is 5.91 Å². The number of allylic oxidation sites excluding steroid dienone is 1. The molecule has 1 unspecified atom stereocenters. The van der Waals surface area contributed by atoms with Crippen molar-refractivity contribution in [2.45, 2.75) is 38.5 Å². The van der Waals surface area contributed by atoms with Crippen LogP contribution >= 0.6 is 23.4 Å². The molecule has 3 aromatic rings. The number of methoxy groups -OCH3 is 1. The van der Waals surface area contributed by atoms with Crippen molar-refractivity contribution >= 4 is 40.9 Å². The molecule has 0 bridgehead atoms. The first-order chi connectivity index (χ1) is 17.2. The Morgan fingerprint density at radius 1 is 1.19 bits per heavy atom. The zero-order valence-corrected chi connectivity index (χ0v) is 22.3. The Bertz CT molecular complexity index is 1230. The zero-order valence-electron chi connectivity index (χ0n) is 20.7. The number of nitrogens with one attached hydrogen (secondary N) is 2. The average molecular weight is 528 g/mol. The summed E-state index contributed by atoms with van der Waals surface area (Å²) in [5.41, 5.74) is 1.99. The highest BCUT2D eigenvalue weighted by atomic mass is 35.5. The molecule has 2 N–H and O–H groups in total. The second-order valence-corrected chi connectivity index (χ2v) is 9.76. The van der Waals surface area contributed by atoms with Crippen molar-refractivity contribution in [3.8, 4) is 5.75 Å². The fourth-order valence-corrected chi connectivity index (χ4v) is 4.42. The molecule has 0 aliphatic rings. The number of halogens is 1. The standard InChI is InChI=1S/C26H30ClN5O3S/c1-6-14-32-24(23(16(2)3)29-25(34)18-10-12-19(35-5)13-11-18)30-31-26(32)36-15-22(33)28-21-9-7-8-20(27)17(21)4/h6-13,16,23H,1,14-15H2,2-5H3,(H,28,33)(H,29,34). The molecule has 1 aromatic heterocycles. The minimum absolute atomic E-state index is 0.0342. The van der Waals surface area contributed by atoms with Crippen LogP contribution in [-0.4, -0.2) is 39.4 Å². The maximum atomic E-state index is 13.0. The Balaban J connectivity index is 1.75. The number of benzene rings is 2. The van der Waals surface area contributed by atoms with Crippen molar-refractivity contribution in [3.05, 3.63) is 77.1 Å². The molecule has 190 valence electrons. The number of carbonyl (C=O) groups is 2. The van der Waals surface area contributed by atoms with Crippen LogP contribution in [0.25, 0.3) is 0 Å². The number of amides is 2. The molecule has 3 rings (SSSR count). The summed E-state index contributed by atoms with van der Waals surface area (Å²) in [4.78, 5) is 25.5. The van der Waals surface area contributed by atoms with E-state index in [4.69, 9.17) is 16.3 Å². The van der Waals surface area contributed by atoms with E-state index >= 15 is 0 Å². The van der Waals surface area contributed by atoms with Crippen molar-refractivity contribution in [1.29, 1.82) is 0 Å². The van der Waals surface area contributed by atoms with Crippen LogP contribution in [0, 0.1) is 12.8 Å². The molecular formula is C26H30ClN5O3S. The molecule has 0 radical (unpaired) electrons.